The van der Waals surface area contributed by atoms with Gasteiger partial charge >= 0.3 is 6.18 Å². The van der Waals surface area contributed by atoms with Gasteiger partial charge in [-0.1, -0.05) is 19.1 Å². The maximum absolute atomic E-state index is 12.9. The van der Waals surface area contributed by atoms with E-state index in [0.717, 1.165) is 12.1 Å². The van der Waals surface area contributed by atoms with Crippen molar-refractivity contribution in [2.45, 2.75) is 19.5 Å². The van der Waals surface area contributed by atoms with Crippen LogP contribution in [0.25, 0.3) is 0 Å². The minimum atomic E-state index is -4.38. The first-order chi connectivity index (χ1) is 13.8. The molecule has 0 spiro atoms. The summed E-state index contributed by atoms with van der Waals surface area (Å²) in [6, 6.07) is 12.0. The quantitative estimate of drug-likeness (QED) is 0.836. The molecule has 2 aromatic rings. The lowest BCUT2D eigenvalue weighted by atomic mass is 10.1. The van der Waals surface area contributed by atoms with Gasteiger partial charge in [0.25, 0.3) is 5.91 Å². The molecule has 2 aromatic carbocycles. The van der Waals surface area contributed by atoms with Gasteiger partial charge in [0.1, 0.15) is 0 Å². The average molecular weight is 405 g/mol. The number of rotatable bonds is 4. The van der Waals surface area contributed by atoms with Gasteiger partial charge in [-0.05, 0) is 36.4 Å². The van der Waals surface area contributed by atoms with Crippen LogP contribution in [-0.4, -0.2) is 42.9 Å². The summed E-state index contributed by atoms with van der Waals surface area (Å²) in [5.41, 5.74) is 0.840. The molecular formula is C21H22F3N3O2. The smallest absolute Gasteiger partial charge is 0.368 e. The van der Waals surface area contributed by atoms with E-state index in [-0.39, 0.29) is 11.8 Å². The number of hydrogen-bond donors (Lipinski definition) is 1. The summed E-state index contributed by atoms with van der Waals surface area (Å²) >= 11 is 0. The van der Waals surface area contributed by atoms with Crippen molar-refractivity contribution >= 4 is 23.2 Å². The molecule has 154 valence electrons. The molecule has 1 fully saturated rings. The van der Waals surface area contributed by atoms with Crippen molar-refractivity contribution in [3.05, 3.63) is 59.7 Å². The van der Waals surface area contributed by atoms with Crippen LogP contribution in [0, 0.1) is 0 Å². The summed E-state index contributed by atoms with van der Waals surface area (Å²) in [5.74, 6) is -0.300. The van der Waals surface area contributed by atoms with Crippen LogP contribution in [0.4, 0.5) is 24.5 Å². The first kappa shape index (κ1) is 20.7. The number of nitrogens with one attached hydrogen (secondary N) is 1. The first-order valence-corrected chi connectivity index (χ1v) is 9.39. The van der Waals surface area contributed by atoms with Crippen LogP contribution in [0.2, 0.25) is 0 Å². The van der Waals surface area contributed by atoms with E-state index in [0.29, 0.717) is 49.5 Å². The molecular weight excluding hydrogens is 383 g/mol. The third kappa shape index (κ3) is 5.07. The van der Waals surface area contributed by atoms with Crippen LogP contribution in [0.15, 0.2) is 48.5 Å². The lowest BCUT2D eigenvalue weighted by Gasteiger charge is -2.36. The predicted octanol–water partition coefficient (Wildman–Crippen LogP) is 4.02. The van der Waals surface area contributed by atoms with Gasteiger partial charge in [0.2, 0.25) is 5.91 Å². The molecule has 2 amide bonds. The number of nitrogens with zero attached hydrogens (tertiary/aromatic N) is 2. The Bertz CT molecular complexity index is 891. The van der Waals surface area contributed by atoms with Crippen molar-refractivity contribution in [1.82, 2.24) is 4.90 Å². The van der Waals surface area contributed by atoms with Crippen molar-refractivity contribution in [3.8, 4) is 0 Å². The van der Waals surface area contributed by atoms with Gasteiger partial charge in [0.15, 0.2) is 0 Å². The van der Waals surface area contributed by atoms with E-state index in [1.54, 1.807) is 42.2 Å². The number of anilines is 2. The molecule has 1 saturated heterocycles. The third-order valence-electron chi connectivity index (χ3n) is 4.82. The number of benzene rings is 2. The Hall–Kier alpha value is -3.03. The lowest BCUT2D eigenvalue weighted by molar-refractivity contribution is -0.137. The molecule has 0 saturated carbocycles. The fraction of sp³-hybridized carbons (Fsp3) is 0.333. The number of piperazine rings is 1. The molecule has 0 bridgehead atoms. The molecule has 0 unspecified atom stereocenters. The van der Waals surface area contributed by atoms with Crippen LogP contribution in [0.5, 0.6) is 0 Å². The molecule has 29 heavy (non-hydrogen) atoms. The van der Waals surface area contributed by atoms with Crippen LogP contribution < -0.4 is 10.2 Å². The van der Waals surface area contributed by atoms with E-state index in [1.165, 1.54) is 6.07 Å². The van der Waals surface area contributed by atoms with Gasteiger partial charge < -0.3 is 15.1 Å². The summed E-state index contributed by atoms with van der Waals surface area (Å²) in [7, 11) is 0. The van der Waals surface area contributed by atoms with Gasteiger partial charge in [-0.25, -0.2) is 0 Å². The van der Waals surface area contributed by atoms with Crippen LogP contribution >= 0.6 is 0 Å². The second-order valence-electron chi connectivity index (χ2n) is 6.81. The molecule has 3 rings (SSSR count). The summed E-state index contributed by atoms with van der Waals surface area (Å²) in [6.45, 7) is 3.44. The molecule has 5 nitrogen and oxygen atoms in total. The molecule has 1 N–H and O–H groups in total. The zero-order valence-electron chi connectivity index (χ0n) is 16.0. The van der Waals surface area contributed by atoms with Gasteiger partial charge in [0.05, 0.1) is 5.56 Å². The minimum absolute atomic E-state index is 0.135. The summed E-state index contributed by atoms with van der Waals surface area (Å²) in [5, 5.41) is 2.73. The summed E-state index contributed by atoms with van der Waals surface area (Å²) in [6.07, 6.45) is -4.04. The zero-order valence-corrected chi connectivity index (χ0v) is 16.0. The van der Waals surface area contributed by atoms with Crippen molar-refractivity contribution in [2.24, 2.45) is 0 Å². The SMILES string of the molecule is CCC(=O)Nc1cccc(C(=O)N2CCN(c3cccc(C(F)(F)F)c3)CC2)c1. The van der Waals surface area contributed by atoms with E-state index in [9.17, 15) is 22.8 Å². The molecule has 0 radical (unpaired) electrons. The van der Waals surface area contributed by atoms with Crippen LogP contribution in [0.3, 0.4) is 0 Å². The molecule has 8 heteroatoms. The van der Waals surface area contributed by atoms with E-state index >= 15 is 0 Å². The topological polar surface area (TPSA) is 52.7 Å². The van der Waals surface area contributed by atoms with Gasteiger partial charge in [-0.3, -0.25) is 9.59 Å². The minimum Gasteiger partial charge on any atom is -0.368 e. The van der Waals surface area contributed by atoms with Crippen molar-refractivity contribution in [3.63, 3.8) is 0 Å². The Morgan fingerprint density at radius 3 is 2.34 bits per heavy atom. The van der Waals surface area contributed by atoms with Crippen molar-refractivity contribution < 1.29 is 22.8 Å². The molecule has 0 atom stereocenters. The Labute approximate surface area is 167 Å². The molecule has 1 heterocycles. The Morgan fingerprint density at radius 2 is 1.69 bits per heavy atom. The second-order valence-corrected chi connectivity index (χ2v) is 6.81. The van der Waals surface area contributed by atoms with Crippen LogP contribution in [-0.2, 0) is 11.0 Å². The van der Waals surface area contributed by atoms with Crippen molar-refractivity contribution in [1.29, 1.82) is 0 Å². The largest absolute Gasteiger partial charge is 0.416 e. The van der Waals surface area contributed by atoms with E-state index in [4.69, 9.17) is 0 Å². The van der Waals surface area contributed by atoms with E-state index in [1.807, 2.05) is 4.90 Å². The fourth-order valence-electron chi connectivity index (χ4n) is 3.21. The third-order valence-corrected chi connectivity index (χ3v) is 4.82. The number of carbonyl (C=O) groups is 2. The number of alkyl halides is 3. The van der Waals surface area contributed by atoms with Crippen molar-refractivity contribution in [2.75, 3.05) is 36.4 Å². The first-order valence-electron chi connectivity index (χ1n) is 9.39. The number of carbonyl (C=O) groups excluding carboxylic acids is 2. The van der Waals surface area contributed by atoms with E-state index in [2.05, 4.69) is 5.32 Å². The maximum Gasteiger partial charge on any atom is 0.416 e. The molecule has 1 aliphatic heterocycles. The Balaban J connectivity index is 1.64. The number of hydrogen-bond acceptors (Lipinski definition) is 3. The highest BCUT2D eigenvalue weighted by Gasteiger charge is 2.31. The zero-order chi connectivity index (χ0) is 21.0. The van der Waals surface area contributed by atoms with Gasteiger partial charge in [-0.2, -0.15) is 13.2 Å². The maximum atomic E-state index is 12.9. The molecule has 0 aromatic heterocycles. The Kier molecular flexibility index (Phi) is 6.10. The standard InChI is InChI=1S/C21H22F3N3O2/c1-2-19(28)25-17-7-3-5-15(13-17)20(29)27-11-9-26(10-12-27)18-8-4-6-16(14-18)21(22,23)24/h3-8,13-14H,2,9-12H2,1H3,(H,25,28). The summed E-state index contributed by atoms with van der Waals surface area (Å²) < 4.78 is 38.8. The second kappa shape index (κ2) is 8.55. The van der Waals surface area contributed by atoms with Gasteiger partial charge in [0, 0.05) is 49.5 Å². The van der Waals surface area contributed by atoms with E-state index < -0.39 is 11.7 Å². The average Bonchev–Trinajstić information content (AvgIpc) is 2.73. The molecule has 0 aliphatic carbocycles. The highest BCUT2D eigenvalue weighted by atomic mass is 19.4. The summed E-state index contributed by atoms with van der Waals surface area (Å²) in [4.78, 5) is 27.8. The van der Waals surface area contributed by atoms with Gasteiger partial charge in [-0.15, -0.1) is 0 Å². The number of halogens is 3. The lowest BCUT2D eigenvalue weighted by Crippen LogP contribution is -2.48. The number of amides is 2. The Morgan fingerprint density at radius 1 is 1.00 bits per heavy atom. The van der Waals surface area contributed by atoms with Crippen LogP contribution in [0.1, 0.15) is 29.3 Å². The molecule has 1 aliphatic rings. The highest BCUT2D eigenvalue weighted by Crippen LogP contribution is 2.32. The monoisotopic (exact) mass is 405 g/mol. The fourth-order valence-corrected chi connectivity index (χ4v) is 3.21. The normalized spacial score (nSPS) is 14.6. The predicted molar refractivity (Wildman–Crippen MR) is 105 cm³/mol. The highest BCUT2D eigenvalue weighted by molar-refractivity contribution is 5.97.